The van der Waals surface area contributed by atoms with Crippen molar-refractivity contribution in [2.45, 2.75) is 44.9 Å². The van der Waals surface area contributed by atoms with Gasteiger partial charge in [0.15, 0.2) is 0 Å². The second-order valence-electron chi connectivity index (χ2n) is 4.32. The molecule has 0 aromatic heterocycles. The number of nitrogens with one attached hydrogen (secondary N) is 1. The Hall–Kier alpha value is -0.780. The average molecular weight is 238 g/mol. The SMILES string of the molecule is CC(C)N(CC(F)(F)F)C(=O)[C@H]1CCCN1. The highest BCUT2D eigenvalue weighted by Gasteiger charge is 2.37. The highest BCUT2D eigenvalue weighted by Crippen LogP contribution is 2.20. The van der Waals surface area contributed by atoms with Gasteiger partial charge in [0.25, 0.3) is 0 Å². The van der Waals surface area contributed by atoms with E-state index in [-0.39, 0.29) is 0 Å². The van der Waals surface area contributed by atoms with Crippen molar-refractivity contribution in [1.29, 1.82) is 0 Å². The van der Waals surface area contributed by atoms with E-state index in [1.807, 2.05) is 0 Å². The van der Waals surface area contributed by atoms with Gasteiger partial charge in [0.1, 0.15) is 6.54 Å². The van der Waals surface area contributed by atoms with Gasteiger partial charge in [0.2, 0.25) is 5.91 Å². The van der Waals surface area contributed by atoms with Crippen LogP contribution in [0.5, 0.6) is 0 Å². The van der Waals surface area contributed by atoms with Gasteiger partial charge in [0.05, 0.1) is 6.04 Å². The Balaban J connectivity index is 2.65. The second kappa shape index (κ2) is 5.03. The molecule has 0 aliphatic carbocycles. The fourth-order valence-corrected chi connectivity index (χ4v) is 1.80. The highest BCUT2D eigenvalue weighted by atomic mass is 19.4. The van der Waals surface area contributed by atoms with Crippen LogP contribution in [-0.2, 0) is 4.79 Å². The minimum Gasteiger partial charge on any atom is -0.330 e. The molecule has 0 spiro atoms. The Morgan fingerprint density at radius 1 is 1.50 bits per heavy atom. The number of carbonyl (C=O) groups is 1. The molecule has 0 aromatic carbocycles. The predicted octanol–water partition coefficient (Wildman–Crippen LogP) is 1.54. The Kier molecular flexibility index (Phi) is 4.18. The second-order valence-corrected chi connectivity index (χ2v) is 4.32. The summed E-state index contributed by atoms with van der Waals surface area (Å²) in [6.07, 6.45) is -2.87. The van der Waals surface area contributed by atoms with Crippen molar-refractivity contribution < 1.29 is 18.0 Å². The van der Waals surface area contributed by atoms with E-state index in [1.165, 1.54) is 0 Å². The van der Waals surface area contributed by atoms with Crippen LogP contribution in [0.1, 0.15) is 26.7 Å². The first kappa shape index (κ1) is 13.3. The van der Waals surface area contributed by atoms with Crippen LogP contribution >= 0.6 is 0 Å². The number of alkyl halides is 3. The molecule has 1 heterocycles. The largest absolute Gasteiger partial charge is 0.406 e. The molecule has 0 unspecified atom stereocenters. The summed E-state index contributed by atoms with van der Waals surface area (Å²) in [5.41, 5.74) is 0. The van der Waals surface area contributed by atoms with Crippen LogP contribution < -0.4 is 5.32 Å². The van der Waals surface area contributed by atoms with Gasteiger partial charge in [-0.1, -0.05) is 0 Å². The molecule has 1 aliphatic heterocycles. The van der Waals surface area contributed by atoms with Gasteiger partial charge in [0, 0.05) is 6.04 Å². The molecule has 16 heavy (non-hydrogen) atoms. The van der Waals surface area contributed by atoms with Crippen molar-refractivity contribution >= 4 is 5.91 Å². The van der Waals surface area contributed by atoms with Crippen molar-refractivity contribution in [3.05, 3.63) is 0 Å². The molecule has 1 aliphatic rings. The average Bonchev–Trinajstić information content (AvgIpc) is 2.63. The predicted molar refractivity (Wildman–Crippen MR) is 53.9 cm³/mol. The fraction of sp³-hybridized carbons (Fsp3) is 0.900. The van der Waals surface area contributed by atoms with Gasteiger partial charge in [-0.3, -0.25) is 4.79 Å². The first-order valence-electron chi connectivity index (χ1n) is 5.42. The molecule has 1 saturated heterocycles. The molecule has 3 nitrogen and oxygen atoms in total. The number of carbonyl (C=O) groups excluding carboxylic acids is 1. The van der Waals surface area contributed by atoms with E-state index in [2.05, 4.69) is 5.32 Å². The van der Waals surface area contributed by atoms with Gasteiger partial charge in [-0.2, -0.15) is 13.2 Å². The monoisotopic (exact) mass is 238 g/mol. The standard InChI is InChI=1S/C10H17F3N2O/c1-7(2)15(6-10(11,12)13)9(16)8-4-3-5-14-8/h7-8,14H,3-6H2,1-2H3/t8-/m1/s1. The quantitative estimate of drug-likeness (QED) is 0.808. The molecular formula is C10H17F3N2O. The summed E-state index contributed by atoms with van der Waals surface area (Å²) < 4.78 is 36.9. The maximum Gasteiger partial charge on any atom is 0.406 e. The lowest BCUT2D eigenvalue weighted by atomic mass is 10.1. The summed E-state index contributed by atoms with van der Waals surface area (Å²) >= 11 is 0. The van der Waals surface area contributed by atoms with Crippen LogP contribution in [0.2, 0.25) is 0 Å². The molecule has 1 rings (SSSR count). The van der Waals surface area contributed by atoms with E-state index in [0.29, 0.717) is 13.0 Å². The van der Waals surface area contributed by atoms with Gasteiger partial charge >= 0.3 is 6.18 Å². The third-order valence-corrected chi connectivity index (χ3v) is 2.61. The van der Waals surface area contributed by atoms with Gasteiger partial charge in [-0.25, -0.2) is 0 Å². The maximum atomic E-state index is 12.3. The van der Waals surface area contributed by atoms with Crippen molar-refractivity contribution in [3.63, 3.8) is 0 Å². The van der Waals surface area contributed by atoms with Crippen LogP contribution in [0.15, 0.2) is 0 Å². The number of halogens is 3. The fourth-order valence-electron chi connectivity index (χ4n) is 1.80. The number of amides is 1. The first-order valence-corrected chi connectivity index (χ1v) is 5.42. The van der Waals surface area contributed by atoms with E-state index in [9.17, 15) is 18.0 Å². The Morgan fingerprint density at radius 2 is 2.12 bits per heavy atom. The molecular weight excluding hydrogens is 221 g/mol. The molecule has 0 radical (unpaired) electrons. The zero-order valence-corrected chi connectivity index (χ0v) is 9.47. The van der Waals surface area contributed by atoms with E-state index in [4.69, 9.17) is 0 Å². The minimum atomic E-state index is -4.33. The number of rotatable bonds is 3. The van der Waals surface area contributed by atoms with Crippen molar-refractivity contribution in [2.75, 3.05) is 13.1 Å². The molecule has 0 saturated carbocycles. The molecule has 6 heteroatoms. The van der Waals surface area contributed by atoms with Crippen molar-refractivity contribution in [3.8, 4) is 0 Å². The van der Waals surface area contributed by atoms with Crippen molar-refractivity contribution in [1.82, 2.24) is 10.2 Å². The molecule has 1 N–H and O–H groups in total. The van der Waals surface area contributed by atoms with Gasteiger partial charge in [-0.15, -0.1) is 0 Å². The smallest absolute Gasteiger partial charge is 0.330 e. The summed E-state index contributed by atoms with van der Waals surface area (Å²) in [4.78, 5) is 12.7. The van der Waals surface area contributed by atoms with E-state index in [1.54, 1.807) is 13.8 Å². The van der Waals surface area contributed by atoms with Gasteiger partial charge in [-0.05, 0) is 33.2 Å². The lowest BCUT2D eigenvalue weighted by molar-refractivity contribution is -0.165. The van der Waals surface area contributed by atoms with Gasteiger partial charge < -0.3 is 10.2 Å². The maximum absolute atomic E-state index is 12.3. The van der Waals surface area contributed by atoms with E-state index < -0.39 is 30.7 Å². The van der Waals surface area contributed by atoms with Crippen LogP contribution in [-0.4, -0.2) is 42.2 Å². The molecule has 0 aromatic rings. The van der Waals surface area contributed by atoms with E-state index >= 15 is 0 Å². The van der Waals surface area contributed by atoms with Crippen LogP contribution in [0, 0.1) is 0 Å². The van der Waals surface area contributed by atoms with Crippen LogP contribution in [0.4, 0.5) is 13.2 Å². The lowest BCUT2D eigenvalue weighted by Crippen LogP contribution is -2.50. The molecule has 1 atom stereocenters. The molecule has 1 amide bonds. The van der Waals surface area contributed by atoms with Crippen molar-refractivity contribution in [2.24, 2.45) is 0 Å². The zero-order valence-electron chi connectivity index (χ0n) is 9.47. The first-order chi connectivity index (χ1) is 7.31. The topological polar surface area (TPSA) is 32.3 Å². The zero-order chi connectivity index (χ0) is 12.3. The highest BCUT2D eigenvalue weighted by molar-refractivity contribution is 5.82. The summed E-state index contributed by atoms with van der Waals surface area (Å²) in [5.74, 6) is -0.440. The third-order valence-electron chi connectivity index (χ3n) is 2.61. The Labute approximate surface area is 93.0 Å². The summed E-state index contributed by atoms with van der Waals surface area (Å²) in [6.45, 7) is 2.73. The van der Waals surface area contributed by atoms with Crippen LogP contribution in [0.25, 0.3) is 0 Å². The Bertz CT molecular complexity index is 247. The van der Waals surface area contributed by atoms with E-state index in [0.717, 1.165) is 11.3 Å². The lowest BCUT2D eigenvalue weighted by Gasteiger charge is -2.30. The third kappa shape index (κ3) is 3.66. The Morgan fingerprint density at radius 3 is 2.50 bits per heavy atom. The molecule has 1 fully saturated rings. The molecule has 94 valence electrons. The van der Waals surface area contributed by atoms with Crippen LogP contribution in [0.3, 0.4) is 0 Å². The molecule has 0 bridgehead atoms. The number of nitrogens with zero attached hydrogens (tertiary/aromatic N) is 1. The summed E-state index contributed by atoms with van der Waals surface area (Å²) in [5, 5.41) is 2.92. The number of hydrogen-bond donors (Lipinski definition) is 1. The minimum absolute atomic E-state index is 0.434. The normalized spacial score (nSPS) is 21.5. The summed E-state index contributed by atoms with van der Waals surface area (Å²) in [6, 6.07) is -0.874. The number of hydrogen-bond acceptors (Lipinski definition) is 2. The summed E-state index contributed by atoms with van der Waals surface area (Å²) in [7, 11) is 0.